The van der Waals surface area contributed by atoms with Crippen molar-refractivity contribution in [2.75, 3.05) is 44.0 Å². The van der Waals surface area contributed by atoms with Gasteiger partial charge >= 0.3 is 0 Å². The Morgan fingerprint density at radius 2 is 1.68 bits per heavy atom. The van der Waals surface area contributed by atoms with Crippen LogP contribution < -0.4 is 20.1 Å². The second-order valence-corrected chi connectivity index (χ2v) is 11.5. The third-order valence-corrected chi connectivity index (χ3v) is 8.21. The lowest BCUT2D eigenvalue weighted by atomic mass is 10.1. The SMILES string of the molecule is CCN(CC)C(=O)c1cc(NC(=O)c2cc(NC(=O)CCCOc3cc(/N=C\C4CCCN4C=O)c(C)cc3OC)cn2C)cn1C. The summed E-state index contributed by atoms with van der Waals surface area (Å²) in [6, 6.07) is 6.91. The van der Waals surface area contributed by atoms with Gasteiger partial charge < -0.3 is 39.0 Å². The Morgan fingerprint density at radius 3 is 2.36 bits per heavy atom. The molecule has 4 rings (SSSR count). The highest BCUT2D eigenvalue weighted by Gasteiger charge is 2.22. The maximum Gasteiger partial charge on any atom is 0.272 e. The molecule has 2 N–H and O–H groups in total. The second-order valence-electron chi connectivity index (χ2n) is 11.5. The van der Waals surface area contributed by atoms with Crippen molar-refractivity contribution in [2.45, 2.75) is 52.5 Å². The summed E-state index contributed by atoms with van der Waals surface area (Å²) in [6.07, 6.45) is 8.52. The molecule has 3 aromatic rings. The van der Waals surface area contributed by atoms with E-state index < -0.39 is 0 Å². The molecule has 1 unspecified atom stereocenters. The van der Waals surface area contributed by atoms with E-state index in [1.807, 2.05) is 26.8 Å². The molecule has 13 nitrogen and oxygen atoms in total. The van der Waals surface area contributed by atoms with Crippen LogP contribution in [0.5, 0.6) is 11.5 Å². The fourth-order valence-corrected chi connectivity index (χ4v) is 5.54. The lowest BCUT2D eigenvalue weighted by molar-refractivity contribution is -0.118. The summed E-state index contributed by atoms with van der Waals surface area (Å²) in [6.45, 7) is 7.97. The highest BCUT2D eigenvalue weighted by atomic mass is 16.5. The van der Waals surface area contributed by atoms with Gasteiger partial charge in [-0.05, 0) is 63.8 Å². The van der Waals surface area contributed by atoms with Gasteiger partial charge in [0.2, 0.25) is 12.3 Å². The molecule has 1 aliphatic heterocycles. The molecule has 1 aliphatic rings. The molecule has 1 fully saturated rings. The number of hydrogen-bond donors (Lipinski definition) is 2. The Hall–Kier alpha value is -5.07. The largest absolute Gasteiger partial charge is 0.493 e. The Balaban J connectivity index is 1.29. The monoisotopic (exact) mass is 647 g/mol. The number of aryl methyl sites for hydroxylation is 3. The summed E-state index contributed by atoms with van der Waals surface area (Å²) in [5.41, 5.74) is 3.46. The molecule has 47 heavy (non-hydrogen) atoms. The van der Waals surface area contributed by atoms with Crippen molar-refractivity contribution in [1.82, 2.24) is 18.9 Å². The summed E-state index contributed by atoms with van der Waals surface area (Å²) in [4.78, 5) is 57.9. The molecule has 0 aliphatic carbocycles. The van der Waals surface area contributed by atoms with Gasteiger partial charge in [-0.3, -0.25) is 24.2 Å². The van der Waals surface area contributed by atoms with Crippen molar-refractivity contribution >= 4 is 47.4 Å². The Kier molecular flexibility index (Phi) is 11.8. The smallest absolute Gasteiger partial charge is 0.272 e. The molecule has 0 saturated carbocycles. The molecule has 13 heteroatoms. The number of methoxy groups -OCH3 is 1. The second kappa shape index (κ2) is 16.0. The number of nitrogens with one attached hydrogen (secondary N) is 2. The number of aromatic nitrogens is 2. The number of benzene rings is 1. The zero-order valence-electron chi connectivity index (χ0n) is 28.0. The van der Waals surface area contributed by atoms with Crippen LogP contribution in [0.3, 0.4) is 0 Å². The van der Waals surface area contributed by atoms with Gasteiger partial charge in [-0.1, -0.05) is 0 Å². The van der Waals surface area contributed by atoms with Crippen molar-refractivity contribution in [3.05, 3.63) is 53.6 Å². The van der Waals surface area contributed by atoms with E-state index in [2.05, 4.69) is 15.6 Å². The number of hydrogen-bond acceptors (Lipinski definition) is 7. The average Bonchev–Trinajstić information content (AvgIpc) is 3.77. The third-order valence-electron chi connectivity index (χ3n) is 8.21. The Morgan fingerprint density at radius 1 is 1.00 bits per heavy atom. The first-order chi connectivity index (χ1) is 22.6. The number of ether oxygens (including phenoxy) is 2. The lowest BCUT2D eigenvalue weighted by Gasteiger charge is -2.18. The van der Waals surface area contributed by atoms with Crippen LogP contribution in [0.4, 0.5) is 17.1 Å². The Bertz CT molecular complexity index is 1620. The van der Waals surface area contributed by atoms with E-state index in [4.69, 9.17) is 9.47 Å². The van der Waals surface area contributed by atoms with Crippen LogP contribution in [-0.4, -0.2) is 88.7 Å². The van der Waals surface area contributed by atoms with E-state index in [0.29, 0.717) is 53.8 Å². The summed E-state index contributed by atoms with van der Waals surface area (Å²) >= 11 is 0. The quantitative estimate of drug-likeness (QED) is 0.141. The van der Waals surface area contributed by atoms with Crippen LogP contribution >= 0.6 is 0 Å². The van der Waals surface area contributed by atoms with Gasteiger partial charge in [0, 0.05) is 64.8 Å². The summed E-state index contributed by atoms with van der Waals surface area (Å²) in [7, 11) is 5.05. The number of likely N-dealkylation sites (tertiary alicyclic amines) is 1. The maximum absolute atomic E-state index is 13.0. The predicted molar refractivity (Wildman–Crippen MR) is 181 cm³/mol. The molecule has 0 radical (unpaired) electrons. The standard InChI is InChI=1S/C34H45N7O6/c1-7-40(8-2)34(45)29-17-25(21-39(29)5)37-33(44)28-16-24(20-38(28)4)36-32(43)12-10-14-47-31-18-27(23(3)15-30(31)46-6)35-19-26-11-9-13-41(26)22-42/h15-22,26H,7-14H2,1-6H3,(H,36,43)(H,37,44)/b35-19-. The minimum Gasteiger partial charge on any atom is -0.493 e. The molecule has 1 aromatic carbocycles. The third kappa shape index (κ3) is 8.60. The first kappa shape index (κ1) is 34.8. The minimum atomic E-state index is -0.367. The van der Waals surface area contributed by atoms with Crippen LogP contribution in [0.1, 0.15) is 66.1 Å². The first-order valence-electron chi connectivity index (χ1n) is 15.9. The zero-order valence-corrected chi connectivity index (χ0v) is 28.0. The number of rotatable bonds is 15. The van der Waals surface area contributed by atoms with Crippen molar-refractivity contribution in [3.63, 3.8) is 0 Å². The van der Waals surface area contributed by atoms with Gasteiger partial charge in [0.25, 0.3) is 11.8 Å². The van der Waals surface area contributed by atoms with E-state index >= 15 is 0 Å². The lowest BCUT2D eigenvalue weighted by Crippen LogP contribution is -2.31. The topological polar surface area (TPSA) is 140 Å². The van der Waals surface area contributed by atoms with E-state index in [1.165, 1.54) is 0 Å². The number of nitrogens with zero attached hydrogens (tertiary/aromatic N) is 5. The normalized spacial score (nSPS) is 14.3. The molecule has 0 spiro atoms. The predicted octanol–water partition coefficient (Wildman–Crippen LogP) is 4.54. The van der Waals surface area contributed by atoms with Gasteiger partial charge in [0.15, 0.2) is 11.5 Å². The van der Waals surface area contributed by atoms with Crippen LogP contribution in [0.25, 0.3) is 0 Å². The average molecular weight is 648 g/mol. The fraction of sp³-hybridized carbons (Fsp3) is 0.441. The number of amides is 4. The van der Waals surface area contributed by atoms with Crippen molar-refractivity contribution in [3.8, 4) is 11.5 Å². The fourth-order valence-electron chi connectivity index (χ4n) is 5.54. The molecule has 1 saturated heterocycles. The molecule has 3 heterocycles. The maximum atomic E-state index is 13.0. The molecule has 1 atom stereocenters. The summed E-state index contributed by atoms with van der Waals surface area (Å²) < 4.78 is 14.8. The highest BCUT2D eigenvalue weighted by molar-refractivity contribution is 6.05. The van der Waals surface area contributed by atoms with Crippen molar-refractivity contribution < 1.29 is 28.7 Å². The molecule has 2 aromatic heterocycles. The number of aliphatic imine (C=N–C) groups is 1. The van der Waals surface area contributed by atoms with Crippen molar-refractivity contribution in [1.29, 1.82) is 0 Å². The molecule has 252 valence electrons. The highest BCUT2D eigenvalue weighted by Crippen LogP contribution is 2.35. The van der Waals surface area contributed by atoms with Crippen LogP contribution in [0.2, 0.25) is 0 Å². The Labute approximate surface area is 275 Å². The molecular formula is C34H45N7O6. The van der Waals surface area contributed by atoms with Gasteiger partial charge in [-0.2, -0.15) is 0 Å². The molecule has 4 amide bonds. The van der Waals surface area contributed by atoms with Crippen LogP contribution in [0.15, 0.2) is 41.7 Å². The van der Waals surface area contributed by atoms with Crippen molar-refractivity contribution in [2.24, 2.45) is 19.1 Å². The minimum absolute atomic E-state index is 0.0152. The van der Waals surface area contributed by atoms with E-state index in [-0.39, 0.29) is 36.8 Å². The first-order valence-corrected chi connectivity index (χ1v) is 15.9. The number of carbonyl (C=O) groups excluding carboxylic acids is 4. The number of carbonyl (C=O) groups is 4. The van der Waals surface area contributed by atoms with Gasteiger partial charge in [-0.25, -0.2) is 0 Å². The summed E-state index contributed by atoms with van der Waals surface area (Å²) in [5, 5.41) is 5.68. The molecular weight excluding hydrogens is 602 g/mol. The van der Waals surface area contributed by atoms with Crippen LogP contribution in [0, 0.1) is 6.92 Å². The zero-order chi connectivity index (χ0) is 34.1. The number of anilines is 2. The van der Waals surface area contributed by atoms with Gasteiger partial charge in [-0.15, -0.1) is 0 Å². The molecule has 0 bridgehead atoms. The van der Waals surface area contributed by atoms with Crippen LogP contribution in [-0.2, 0) is 23.7 Å². The summed E-state index contributed by atoms with van der Waals surface area (Å²) in [5.74, 6) is 0.400. The van der Waals surface area contributed by atoms with Gasteiger partial charge in [0.1, 0.15) is 11.4 Å². The van der Waals surface area contributed by atoms with Gasteiger partial charge in [0.05, 0.1) is 36.8 Å². The van der Waals surface area contributed by atoms with E-state index in [0.717, 1.165) is 37.0 Å². The van der Waals surface area contributed by atoms with E-state index in [9.17, 15) is 19.2 Å². The van der Waals surface area contributed by atoms with E-state index in [1.54, 1.807) is 76.9 Å².